The van der Waals surface area contributed by atoms with Gasteiger partial charge in [0.05, 0.1) is 16.9 Å². The molecule has 0 aromatic carbocycles. The monoisotopic (exact) mass is 372 g/mol. The number of hydrogen-bond donors (Lipinski definition) is 0. The van der Waals surface area contributed by atoms with Crippen molar-refractivity contribution in [3.63, 3.8) is 0 Å². The number of carbonyl (C=O) groups is 1. The number of nitrogens with zero attached hydrogens (tertiary/aromatic N) is 4. The molecule has 0 bridgehead atoms. The number of rotatable bonds is 2. The van der Waals surface area contributed by atoms with Gasteiger partial charge in [-0.25, -0.2) is 9.97 Å². The van der Waals surface area contributed by atoms with Gasteiger partial charge in [0.15, 0.2) is 0 Å². The Morgan fingerprint density at radius 1 is 1.19 bits per heavy atom. The fourth-order valence-corrected chi connectivity index (χ4v) is 5.12. The van der Waals surface area contributed by atoms with Crippen LogP contribution in [0, 0.1) is 0 Å². The molecule has 5 nitrogen and oxygen atoms in total. The molecular formula is C20H28N4OS. The van der Waals surface area contributed by atoms with Crippen molar-refractivity contribution in [3.8, 4) is 0 Å². The van der Waals surface area contributed by atoms with E-state index in [9.17, 15) is 4.79 Å². The normalized spacial score (nSPS) is 18.8. The maximum absolute atomic E-state index is 13.0. The van der Waals surface area contributed by atoms with Crippen molar-refractivity contribution in [1.82, 2.24) is 19.4 Å². The quantitative estimate of drug-likeness (QED) is 0.801. The van der Waals surface area contributed by atoms with Gasteiger partial charge in [-0.05, 0) is 25.7 Å². The second kappa shape index (κ2) is 6.80. The third-order valence-corrected chi connectivity index (χ3v) is 6.62. The molecule has 2 aromatic rings. The van der Waals surface area contributed by atoms with Crippen LogP contribution in [0.3, 0.4) is 0 Å². The van der Waals surface area contributed by atoms with Crippen LogP contribution in [-0.4, -0.2) is 38.4 Å². The molecule has 1 saturated heterocycles. The first-order chi connectivity index (χ1) is 12.4. The number of amides is 1. The van der Waals surface area contributed by atoms with Crippen molar-refractivity contribution in [2.45, 2.75) is 70.8 Å². The van der Waals surface area contributed by atoms with E-state index < -0.39 is 0 Å². The van der Waals surface area contributed by atoms with Crippen molar-refractivity contribution in [1.29, 1.82) is 0 Å². The lowest BCUT2D eigenvalue weighted by atomic mass is 9.93. The first-order valence-corrected chi connectivity index (χ1v) is 10.6. The molecule has 2 aliphatic heterocycles. The van der Waals surface area contributed by atoms with E-state index in [0.29, 0.717) is 5.92 Å². The van der Waals surface area contributed by atoms with Crippen LogP contribution in [0.2, 0.25) is 0 Å². The first kappa shape index (κ1) is 17.7. The van der Waals surface area contributed by atoms with E-state index in [1.165, 1.54) is 17.1 Å². The van der Waals surface area contributed by atoms with Gasteiger partial charge in [-0.15, -0.1) is 11.3 Å². The molecular weight excluding hydrogens is 344 g/mol. The van der Waals surface area contributed by atoms with Crippen molar-refractivity contribution in [2.75, 3.05) is 13.1 Å². The molecule has 2 aromatic heterocycles. The number of thiazole rings is 1. The molecule has 4 rings (SSSR count). The highest BCUT2D eigenvalue weighted by Gasteiger charge is 2.29. The third-order valence-electron chi connectivity index (χ3n) is 5.61. The van der Waals surface area contributed by atoms with Crippen LogP contribution in [0.15, 0.2) is 11.6 Å². The Kier molecular flexibility index (Phi) is 4.63. The van der Waals surface area contributed by atoms with Crippen molar-refractivity contribution >= 4 is 17.2 Å². The average Bonchev–Trinajstić information content (AvgIpc) is 3.28. The minimum Gasteiger partial charge on any atom is -0.337 e. The number of piperidine rings is 1. The lowest BCUT2D eigenvalue weighted by Crippen LogP contribution is -2.39. The molecule has 1 amide bonds. The van der Waals surface area contributed by atoms with Gasteiger partial charge in [0.25, 0.3) is 5.91 Å². The van der Waals surface area contributed by atoms with Gasteiger partial charge >= 0.3 is 0 Å². The summed E-state index contributed by atoms with van der Waals surface area (Å²) < 4.78 is 2.13. The van der Waals surface area contributed by atoms with E-state index in [2.05, 4.69) is 35.7 Å². The molecule has 2 aliphatic rings. The van der Waals surface area contributed by atoms with Gasteiger partial charge in [-0.2, -0.15) is 0 Å². The summed E-state index contributed by atoms with van der Waals surface area (Å²) in [6, 6.07) is 0. The zero-order valence-corrected chi connectivity index (χ0v) is 16.8. The summed E-state index contributed by atoms with van der Waals surface area (Å²) in [4.78, 5) is 24.3. The summed E-state index contributed by atoms with van der Waals surface area (Å²) in [5.74, 6) is 1.71. The molecule has 0 atom stereocenters. The predicted molar refractivity (Wildman–Crippen MR) is 104 cm³/mol. The summed E-state index contributed by atoms with van der Waals surface area (Å²) in [5.41, 5.74) is 2.07. The van der Waals surface area contributed by atoms with Gasteiger partial charge < -0.3 is 9.47 Å². The Labute approximate surface area is 159 Å². The average molecular weight is 373 g/mol. The molecule has 0 spiro atoms. The molecule has 26 heavy (non-hydrogen) atoms. The van der Waals surface area contributed by atoms with Gasteiger partial charge in [0.2, 0.25) is 0 Å². The number of aromatic nitrogens is 3. The maximum atomic E-state index is 13.0. The predicted octanol–water partition coefficient (Wildman–Crippen LogP) is 3.99. The number of hydrogen-bond acceptors (Lipinski definition) is 4. The van der Waals surface area contributed by atoms with Crippen LogP contribution in [0.4, 0.5) is 0 Å². The Hall–Kier alpha value is -1.69. The Morgan fingerprint density at radius 3 is 2.65 bits per heavy atom. The molecule has 0 saturated carbocycles. The van der Waals surface area contributed by atoms with E-state index in [1.54, 1.807) is 17.5 Å². The summed E-state index contributed by atoms with van der Waals surface area (Å²) in [6.07, 6.45) is 7.11. The van der Waals surface area contributed by atoms with Gasteiger partial charge in [-0.3, -0.25) is 4.79 Å². The molecule has 1 fully saturated rings. The second-order valence-electron chi connectivity index (χ2n) is 8.56. The first-order valence-electron chi connectivity index (χ1n) is 9.73. The number of aryl methyl sites for hydroxylation is 1. The Bertz CT molecular complexity index is 793. The SMILES string of the molecule is CC(C)(C)c1csc(C2CCN(C(=O)c3cnc4n3CCCC4)CC2)n1. The number of likely N-dealkylation sites (tertiary alicyclic amines) is 1. The molecule has 0 radical (unpaired) electrons. The summed E-state index contributed by atoms with van der Waals surface area (Å²) >= 11 is 1.78. The lowest BCUT2D eigenvalue weighted by Gasteiger charge is -2.31. The Morgan fingerprint density at radius 2 is 1.96 bits per heavy atom. The van der Waals surface area contributed by atoms with Crippen LogP contribution < -0.4 is 0 Å². The van der Waals surface area contributed by atoms with E-state index in [1.807, 2.05) is 4.90 Å². The molecule has 0 unspecified atom stereocenters. The fraction of sp³-hybridized carbons (Fsp3) is 0.650. The van der Waals surface area contributed by atoms with E-state index in [4.69, 9.17) is 4.98 Å². The van der Waals surface area contributed by atoms with Gasteiger partial charge in [-0.1, -0.05) is 20.8 Å². The molecule has 6 heteroatoms. The summed E-state index contributed by atoms with van der Waals surface area (Å²) in [5, 5.41) is 3.44. The molecule has 0 aliphatic carbocycles. The Balaban J connectivity index is 1.41. The highest BCUT2D eigenvalue weighted by Crippen LogP contribution is 2.33. The second-order valence-corrected chi connectivity index (χ2v) is 9.45. The topological polar surface area (TPSA) is 51.0 Å². The standard InChI is InChI=1S/C20H28N4OS/c1-20(2,3)16-13-26-18(22-16)14-7-10-23(11-8-14)19(25)15-12-21-17-6-4-5-9-24(15)17/h12-14H,4-11H2,1-3H3. The van der Waals surface area contributed by atoms with Crippen LogP contribution in [-0.2, 0) is 18.4 Å². The number of carbonyl (C=O) groups excluding carboxylic acids is 1. The highest BCUT2D eigenvalue weighted by molar-refractivity contribution is 7.09. The minimum absolute atomic E-state index is 0.104. The number of imidazole rings is 1. The fourth-order valence-electron chi connectivity index (χ4n) is 3.90. The van der Waals surface area contributed by atoms with Crippen LogP contribution in [0.5, 0.6) is 0 Å². The zero-order chi connectivity index (χ0) is 18.3. The number of fused-ring (bicyclic) bond motifs is 1. The van der Waals surface area contributed by atoms with E-state index >= 15 is 0 Å². The van der Waals surface area contributed by atoms with Crippen LogP contribution >= 0.6 is 11.3 Å². The summed E-state index contributed by atoms with van der Waals surface area (Å²) in [6.45, 7) is 9.18. The van der Waals surface area contributed by atoms with Crippen molar-refractivity contribution < 1.29 is 4.79 Å². The maximum Gasteiger partial charge on any atom is 0.272 e. The third kappa shape index (κ3) is 3.31. The smallest absolute Gasteiger partial charge is 0.272 e. The molecule has 0 N–H and O–H groups in total. The van der Waals surface area contributed by atoms with E-state index in [0.717, 1.165) is 56.8 Å². The minimum atomic E-state index is 0.104. The largest absolute Gasteiger partial charge is 0.337 e. The lowest BCUT2D eigenvalue weighted by molar-refractivity contribution is 0.0700. The van der Waals surface area contributed by atoms with Crippen molar-refractivity contribution in [3.05, 3.63) is 33.8 Å². The van der Waals surface area contributed by atoms with Crippen LogP contribution in [0.25, 0.3) is 0 Å². The highest BCUT2D eigenvalue weighted by atomic mass is 32.1. The van der Waals surface area contributed by atoms with Gasteiger partial charge in [0.1, 0.15) is 11.5 Å². The van der Waals surface area contributed by atoms with Gasteiger partial charge in [0, 0.05) is 42.8 Å². The van der Waals surface area contributed by atoms with Crippen LogP contribution in [0.1, 0.15) is 79.4 Å². The zero-order valence-electron chi connectivity index (χ0n) is 16.0. The molecule has 4 heterocycles. The van der Waals surface area contributed by atoms with Crippen molar-refractivity contribution in [2.24, 2.45) is 0 Å². The van der Waals surface area contributed by atoms with E-state index in [-0.39, 0.29) is 11.3 Å². The molecule has 140 valence electrons. The summed E-state index contributed by atoms with van der Waals surface area (Å²) in [7, 11) is 0.